The molecule has 1 amide bonds. The molecule has 0 spiro atoms. The van der Waals surface area contributed by atoms with E-state index in [9.17, 15) is 4.79 Å². The molecule has 0 bridgehead atoms. The molecule has 1 saturated carbocycles. The lowest BCUT2D eigenvalue weighted by Crippen LogP contribution is -2.20. The molecule has 1 aliphatic carbocycles. The molecule has 1 N–H and O–H groups in total. The number of nitrogens with one attached hydrogen (secondary N) is 1. The summed E-state index contributed by atoms with van der Waals surface area (Å²) in [6, 6.07) is 0.401. The second kappa shape index (κ2) is 6.60. The average molecular weight is 291 g/mol. The van der Waals surface area contributed by atoms with Gasteiger partial charge in [0.15, 0.2) is 0 Å². The van der Waals surface area contributed by atoms with Crippen LogP contribution in [0.5, 0.6) is 0 Å². The fourth-order valence-electron chi connectivity index (χ4n) is 2.91. The summed E-state index contributed by atoms with van der Waals surface area (Å²) in [5, 5.41) is 7.56. The standard InChI is InChI=1S/C16H25N3O2/c1-12-15(17-16(20)4-2-3-13-5-6-13)11-19(18-12)14-7-9-21-10-8-14/h11,13-14H,2-10H2,1H3,(H,17,20). The van der Waals surface area contributed by atoms with Crippen molar-refractivity contribution in [2.24, 2.45) is 5.92 Å². The Morgan fingerprint density at radius 2 is 2.14 bits per heavy atom. The van der Waals surface area contributed by atoms with Gasteiger partial charge in [0, 0.05) is 25.8 Å². The Balaban J connectivity index is 1.51. The number of anilines is 1. The molecular formula is C16H25N3O2. The Kier molecular flexibility index (Phi) is 4.58. The zero-order valence-electron chi connectivity index (χ0n) is 12.8. The van der Waals surface area contributed by atoms with E-state index in [1.54, 1.807) is 0 Å². The minimum absolute atomic E-state index is 0.116. The van der Waals surface area contributed by atoms with Crippen molar-refractivity contribution in [1.82, 2.24) is 9.78 Å². The van der Waals surface area contributed by atoms with Gasteiger partial charge in [-0.1, -0.05) is 12.8 Å². The van der Waals surface area contributed by atoms with Crippen LogP contribution in [-0.2, 0) is 9.53 Å². The van der Waals surface area contributed by atoms with E-state index in [2.05, 4.69) is 10.4 Å². The molecule has 21 heavy (non-hydrogen) atoms. The van der Waals surface area contributed by atoms with Gasteiger partial charge >= 0.3 is 0 Å². The number of hydrogen-bond donors (Lipinski definition) is 1. The number of aryl methyl sites for hydroxylation is 1. The number of hydrogen-bond acceptors (Lipinski definition) is 3. The summed E-state index contributed by atoms with van der Waals surface area (Å²) in [6.07, 6.45) is 9.52. The lowest BCUT2D eigenvalue weighted by Gasteiger charge is -2.22. The second-order valence-corrected chi connectivity index (χ2v) is 6.34. The maximum Gasteiger partial charge on any atom is 0.224 e. The lowest BCUT2D eigenvalue weighted by molar-refractivity contribution is -0.116. The van der Waals surface area contributed by atoms with Crippen LogP contribution in [0, 0.1) is 12.8 Å². The number of rotatable bonds is 6. The number of aromatic nitrogens is 2. The van der Waals surface area contributed by atoms with Crippen molar-refractivity contribution in [3.05, 3.63) is 11.9 Å². The Hall–Kier alpha value is -1.36. The Morgan fingerprint density at radius 3 is 2.86 bits per heavy atom. The van der Waals surface area contributed by atoms with Crippen molar-refractivity contribution < 1.29 is 9.53 Å². The van der Waals surface area contributed by atoms with Crippen LogP contribution in [0.15, 0.2) is 6.20 Å². The molecule has 1 aromatic rings. The number of ether oxygens (including phenoxy) is 1. The highest BCUT2D eigenvalue weighted by Gasteiger charge is 2.21. The molecule has 0 atom stereocenters. The molecule has 0 aromatic carbocycles. The first-order chi connectivity index (χ1) is 10.2. The van der Waals surface area contributed by atoms with Crippen molar-refractivity contribution in [2.45, 2.75) is 57.9 Å². The molecule has 116 valence electrons. The van der Waals surface area contributed by atoms with E-state index >= 15 is 0 Å². The van der Waals surface area contributed by atoms with Crippen LogP contribution in [0.3, 0.4) is 0 Å². The Morgan fingerprint density at radius 1 is 1.38 bits per heavy atom. The average Bonchev–Trinajstić information content (AvgIpc) is 3.24. The smallest absolute Gasteiger partial charge is 0.224 e. The van der Waals surface area contributed by atoms with Gasteiger partial charge in [0.1, 0.15) is 0 Å². The third-order valence-corrected chi connectivity index (χ3v) is 4.47. The van der Waals surface area contributed by atoms with Crippen LogP contribution in [0.25, 0.3) is 0 Å². The van der Waals surface area contributed by atoms with Gasteiger partial charge < -0.3 is 10.1 Å². The summed E-state index contributed by atoms with van der Waals surface area (Å²) < 4.78 is 7.38. The first-order valence-corrected chi connectivity index (χ1v) is 8.15. The predicted octanol–water partition coefficient (Wildman–Crippen LogP) is 3.06. The zero-order valence-corrected chi connectivity index (χ0v) is 12.8. The topological polar surface area (TPSA) is 56.1 Å². The number of carbonyl (C=O) groups is 1. The summed E-state index contributed by atoms with van der Waals surface area (Å²) >= 11 is 0. The Labute approximate surface area is 126 Å². The van der Waals surface area contributed by atoms with E-state index in [0.29, 0.717) is 12.5 Å². The van der Waals surface area contributed by atoms with Gasteiger partial charge in [-0.05, 0) is 38.5 Å². The molecule has 2 heterocycles. The molecule has 5 nitrogen and oxygen atoms in total. The summed E-state index contributed by atoms with van der Waals surface area (Å²) in [5.41, 5.74) is 1.76. The van der Waals surface area contributed by atoms with Crippen LogP contribution in [-0.4, -0.2) is 28.9 Å². The van der Waals surface area contributed by atoms with Gasteiger partial charge in [0.2, 0.25) is 5.91 Å². The van der Waals surface area contributed by atoms with E-state index < -0.39 is 0 Å². The monoisotopic (exact) mass is 291 g/mol. The van der Waals surface area contributed by atoms with Gasteiger partial charge in [0.05, 0.1) is 17.4 Å². The summed E-state index contributed by atoms with van der Waals surface area (Å²) in [5.74, 6) is 1.01. The van der Waals surface area contributed by atoms with Gasteiger partial charge in [0.25, 0.3) is 0 Å². The van der Waals surface area contributed by atoms with Gasteiger partial charge in [-0.15, -0.1) is 0 Å². The van der Waals surface area contributed by atoms with Gasteiger partial charge in [-0.2, -0.15) is 5.10 Å². The van der Waals surface area contributed by atoms with E-state index in [1.165, 1.54) is 19.3 Å². The van der Waals surface area contributed by atoms with Crippen LogP contribution in [0.1, 0.15) is 56.7 Å². The van der Waals surface area contributed by atoms with Crippen molar-refractivity contribution in [3.8, 4) is 0 Å². The minimum Gasteiger partial charge on any atom is -0.381 e. The summed E-state index contributed by atoms with van der Waals surface area (Å²) in [7, 11) is 0. The molecule has 1 saturated heterocycles. The highest BCUT2D eigenvalue weighted by molar-refractivity contribution is 5.91. The van der Waals surface area contributed by atoms with Crippen LogP contribution in [0.4, 0.5) is 5.69 Å². The van der Waals surface area contributed by atoms with E-state index in [0.717, 1.165) is 49.8 Å². The normalized spacial score (nSPS) is 19.7. The highest BCUT2D eigenvalue weighted by Crippen LogP contribution is 2.33. The predicted molar refractivity (Wildman–Crippen MR) is 81.3 cm³/mol. The van der Waals surface area contributed by atoms with Crippen molar-refractivity contribution in [2.75, 3.05) is 18.5 Å². The van der Waals surface area contributed by atoms with Gasteiger partial charge in [-0.3, -0.25) is 9.48 Å². The Bertz CT molecular complexity index is 488. The first-order valence-electron chi connectivity index (χ1n) is 8.15. The number of amides is 1. The fraction of sp³-hybridized carbons (Fsp3) is 0.750. The van der Waals surface area contributed by atoms with E-state index in [-0.39, 0.29) is 5.91 Å². The van der Waals surface area contributed by atoms with Crippen LogP contribution >= 0.6 is 0 Å². The maximum atomic E-state index is 12.0. The largest absolute Gasteiger partial charge is 0.381 e. The summed E-state index contributed by atoms with van der Waals surface area (Å²) in [4.78, 5) is 12.0. The van der Waals surface area contributed by atoms with Crippen molar-refractivity contribution in [3.63, 3.8) is 0 Å². The molecule has 2 fully saturated rings. The van der Waals surface area contributed by atoms with Crippen LogP contribution < -0.4 is 5.32 Å². The second-order valence-electron chi connectivity index (χ2n) is 6.34. The zero-order chi connectivity index (χ0) is 14.7. The number of carbonyl (C=O) groups excluding carboxylic acids is 1. The molecule has 1 aromatic heterocycles. The molecule has 2 aliphatic rings. The minimum atomic E-state index is 0.116. The first kappa shape index (κ1) is 14.6. The summed E-state index contributed by atoms with van der Waals surface area (Å²) in [6.45, 7) is 3.55. The molecule has 3 rings (SSSR count). The lowest BCUT2D eigenvalue weighted by atomic mass is 10.1. The highest BCUT2D eigenvalue weighted by atomic mass is 16.5. The quantitative estimate of drug-likeness (QED) is 0.876. The van der Waals surface area contributed by atoms with Crippen LogP contribution in [0.2, 0.25) is 0 Å². The number of nitrogens with zero attached hydrogens (tertiary/aromatic N) is 2. The molecule has 0 unspecified atom stereocenters. The SMILES string of the molecule is Cc1nn(C2CCOCC2)cc1NC(=O)CCCC1CC1. The third kappa shape index (κ3) is 4.06. The van der Waals surface area contributed by atoms with E-state index in [4.69, 9.17) is 4.74 Å². The van der Waals surface area contributed by atoms with E-state index in [1.807, 2.05) is 17.8 Å². The molecular weight excluding hydrogens is 266 g/mol. The fourth-order valence-corrected chi connectivity index (χ4v) is 2.91. The molecule has 0 radical (unpaired) electrons. The maximum absolute atomic E-state index is 12.0. The third-order valence-electron chi connectivity index (χ3n) is 4.47. The molecule has 5 heteroatoms. The molecule has 1 aliphatic heterocycles. The van der Waals surface area contributed by atoms with Crippen molar-refractivity contribution >= 4 is 11.6 Å². The van der Waals surface area contributed by atoms with Crippen molar-refractivity contribution in [1.29, 1.82) is 0 Å². The van der Waals surface area contributed by atoms with Gasteiger partial charge in [-0.25, -0.2) is 0 Å².